The molecule has 0 spiro atoms. The molecule has 6 atom stereocenters. The molecule has 0 aliphatic rings. The molecule has 0 radical (unpaired) electrons. The van der Waals surface area contributed by atoms with Gasteiger partial charge in [-0.05, 0) is 37.5 Å². The van der Waals surface area contributed by atoms with E-state index in [-0.39, 0.29) is 25.7 Å². The molecule has 0 aromatic heterocycles. The highest BCUT2D eigenvalue weighted by Gasteiger charge is 2.30. The highest BCUT2D eigenvalue weighted by Crippen LogP contribution is 2.45. The molecule has 594 valence electrons. The minimum atomic E-state index is -4.96. The largest absolute Gasteiger partial charge is 0.472 e. The number of carbonyl (C=O) groups is 4. The molecule has 0 bridgehead atoms. The number of carbonyl (C=O) groups excluding carboxylic acids is 4. The molecule has 0 aromatic carbocycles. The SMILES string of the molecule is CCCCCCCCCCCCCCCCC(=O)O[C@H](COC(=O)CCCCCCCCCCCCCCC)COP(=O)(O)OC[C@H](O)COP(=O)(O)OC[C@@H](COC(=O)CCCCCCCCCCCCCCC(C)C)OC(=O)CCCCCCCCCCCCCCCCC(C)CC. The average Bonchev–Trinajstić information content (AvgIpc) is 0.926. The molecule has 3 N–H and O–H groups in total. The molecule has 3 unspecified atom stereocenters. The van der Waals surface area contributed by atoms with Gasteiger partial charge in [0.2, 0.25) is 0 Å². The number of aliphatic hydroxyl groups excluding tert-OH is 1. The molecule has 19 heteroatoms. The first kappa shape index (κ1) is 98.1. The maximum Gasteiger partial charge on any atom is 0.472 e. The predicted molar refractivity (Wildman–Crippen MR) is 409 cm³/mol. The minimum absolute atomic E-state index is 0.108. The van der Waals surface area contributed by atoms with Crippen LogP contribution in [-0.2, 0) is 65.4 Å². The van der Waals surface area contributed by atoms with E-state index in [1.807, 2.05) is 0 Å². The first-order valence-corrected chi connectivity index (χ1v) is 45.0. The van der Waals surface area contributed by atoms with E-state index in [9.17, 15) is 43.2 Å². The summed E-state index contributed by atoms with van der Waals surface area (Å²) in [5.74, 6) is -0.477. The molecule has 0 aliphatic heterocycles. The summed E-state index contributed by atoms with van der Waals surface area (Å²) in [6.07, 6.45) is 62.1. The van der Waals surface area contributed by atoms with Gasteiger partial charge in [-0.25, -0.2) is 9.13 Å². The van der Waals surface area contributed by atoms with Gasteiger partial charge >= 0.3 is 39.5 Å². The van der Waals surface area contributed by atoms with Crippen LogP contribution in [-0.4, -0.2) is 96.7 Å². The summed E-state index contributed by atoms with van der Waals surface area (Å²) in [6.45, 7) is 9.71. The maximum absolute atomic E-state index is 13.1. The lowest BCUT2D eigenvalue weighted by atomic mass is 9.99. The lowest BCUT2D eigenvalue weighted by molar-refractivity contribution is -0.161. The molecular formula is C81H158O17P2. The van der Waals surface area contributed by atoms with Crippen molar-refractivity contribution in [3.63, 3.8) is 0 Å². The number of hydrogen-bond donors (Lipinski definition) is 3. The van der Waals surface area contributed by atoms with E-state index in [1.54, 1.807) is 0 Å². The number of unbranched alkanes of at least 4 members (excludes halogenated alkanes) is 49. The van der Waals surface area contributed by atoms with E-state index in [0.29, 0.717) is 25.7 Å². The topological polar surface area (TPSA) is 237 Å². The molecule has 0 aliphatic carbocycles. The van der Waals surface area contributed by atoms with Gasteiger partial charge in [0.15, 0.2) is 12.2 Å². The van der Waals surface area contributed by atoms with Crippen LogP contribution in [0.5, 0.6) is 0 Å². The van der Waals surface area contributed by atoms with Gasteiger partial charge in [-0.3, -0.25) is 37.3 Å². The molecule has 0 rings (SSSR count). The number of phosphoric ester groups is 2. The van der Waals surface area contributed by atoms with Crippen LogP contribution in [0.1, 0.15) is 427 Å². The van der Waals surface area contributed by atoms with E-state index >= 15 is 0 Å². The molecule has 17 nitrogen and oxygen atoms in total. The Morgan fingerprint density at radius 2 is 0.510 bits per heavy atom. The van der Waals surface area contributed by atoms with Crippen LogP contribution in [0.2, 0.25) is 0 Å². The van der Waals surface area contributed by atoms with Crippen LogP contribution >= 0.6 is 15.6 Å². The Labute approximate surface area is 613 Å². The van der Waals surface area contributed by atoms with Crippen LogP contribution in [0.15, 0.2) is 0 Å². The van der Waals surface area contributed by atoms with Crippen molar-refractivity contribution in [1.82, 2.24) is 0 Å². The molecule has 0 heterocycles. The van der Waals surface area contributed by atoms with Crippen molar-refractivity contribution in [2.45, 2.75) is 445 Å². The van der Waals surface area contributed by atoms with Crippen molar-refractivity contribution in [3.8, 4) is 0 Å². The average molecular weight is 1470 g/mol. The van der Waals surface area contributed by atoms with Gasteiger partial charge in [-0.15, -0.1) is 0 Å². The van der Waals surface area contributed by atoms with Crippen molar-refractivity contribution in [3.05, 3.63) is 0 Å². The fourth-order valence-electron chi connectivity index (χ4n) is 12.5. The summed E-state index contributed by atoms with van der Waals surface area (Å²) in [7, 11) is -9.92. The van der Waals surface area contributed by atoms with Crippen LogP contribution in [0.4, 0.5) is 0 Å². The van der Waals surface area contributed by atoms with E-state index in [1.165, 1.54) is 244 Å². The number of rotatable bonds is 80. The molecule has 100 heavy (non-hydrogen) atoms. The van der Waals surface area contributed by atoms with Crippen molar-refractivity contribution < 1.29 is 80.2 Å². The Balaban J connectivity index is 5.27. The summed E-state index contributed by atoms with van der Waals surface area (Å²) < 4.78 is 68.8. The summed E-state index contributed by atoms with van der Waals surface area (Å²) >= 11 is 0. The summed E-state index contributed by atoms with van der Waals surface area (Å²) in [5, 5.41) is 10.6. The summed E-state index contributed by atoms with van der Waals surface area (Å²) in [4.78, 5) is 73.1. The van der Waals surface area contributed by atoms with Gasteiger partial charge in [0.25, 0.3) is 0 Å². The predicted octanol–water partition coefficient (Wildman–Crippen LogP) is 24.3. The normalized spacial score (nSPS) is 14.2. The van der Waals surface area contributed by atoms with Gasteiger partial charge in [0.05, 0.1) is 26.4 Å². The Hall–Kier alpha value is -1.94. The zero-order valence-corrected chi connectivity index (χ0v) is 67.3. The van der Waals surface area contributed by atoms with Crippen LogP contribution in [0.25, 0.3) is 0 Å². The van der Waals surface area contributed by atoms with Crippen LogP contribution in [0, 0.1) is 11.8 Å². The second kappa shape index (κ2) is 72.6. The highest BCUT2D eigenvalue weighted by atomic mass is 31.2. The monoisotopic (exact) mass is 1470 g/mol. The maximum atomic E-state index is 13.1. The van der Waals surface area contributed by atoms with Crippen LogP contribution < -0.4 is 0 Å². The molecular weight excluding hydrogens is 1310 g/mol. The first-order valence-electron chi connectivity index (χ1n) is 42.0. The van der Waals surface area contributed by atoms with E-state index in [4.69, 9.17) is 37.0 Å². The standard InChI is InChI=1S/C81H158O17P2/c1-7-10-12-14-16-18-20-22-27-35-41-47-53-59-65-80(85)97-76(69-91-78(83)63-57-51-45-39-33-25-21-19-17-15-13-11-8-2)71-95-99(87,88)93-67-75(82)68-94-100(89,90)96-72-77(70-92-79(84)64-58-52-46-40-34-30-29-31-37-43-49-55-61-73(4)5)98-81(86)66-60-54-48-42-36-28-24-23-26-32-38-44-50-56-62-74(6)9-3/h73-77,82H,7-72H2,1-6H3,(H,87,88)(H,89,90)/t74?,75-,76+,77+/m0/s1. The number of hydrogen-bond acceptors (Lipinski definition) is 15. The zero-order valence-electron chi connectivity index (χ0n) is 65.5. The van der Waals surface area contributed by atoms with E-state index in [0.717, 1.165) is 102 Å². The molecule has 0 fully saturated rings. The highest BCUT2D eigenvalue weighted by molar-refractivity contribution is 7.47. The number of ether oxygens (including phenoxy) is 4. The Kier molecular flexibility index (Phi) is 71.2. The summed E-state index contributed by atoms with van der Waals surface area (Å²) in [5.41, 5.74) is 0. The summed E-state index contributed by atoms with van der Waals surface area (Å²) in [6, 6.07) is 0. The van der Waals surface area contributed by atoms with Crippen molar-refractivity contribution in [2.24, 2.45) is 11.8 Å². The molecule has 0 saturated carbocycles. The molecule has 0 aromatic rings. The smallest absolute Gasteiger partial charge is 0.462 e. The number of aliphatic hydroxyl groups is 1. The third-order valence-electron chi connectivity index (χ3n) is 19.3. The quantitative estimate of drug-likeness (QED) is 0.0222. The molecule has 0 saturated heterocycles. The minimum Gasteiger partial charge on any atom is -0.462 e. The van der Waals surface area contributed by atoms with Gasteiger partial charge in [0, 0.05) is 25.7 Å². The van der Waals surface area contributed by atoms with Gasteiger partial charge < -0.3 is 33.8 Å². The van der Waals surface area contributed by atoms with Gasteiger partial charge in [0.1, 0.15) is 19.3 Å². The third-order valence-corrected chi connectivity index (χ3v) is 21.2. The number of esters is 4. The van der Waals surface area contributed by atoms with Gasteiger partial charge in [-0.2, -0.15) is 0 Å². The lowest BCUT2D eigenvalue weighted by Crippen LogP contribution is -2.30. The Morgan fingerprint density at radius 3 is 0.760 bits per heavy atom. The fourth-order valence-corrected chi connectivity index (χ4v) is 14.1. The second-order valence-electron chi connectivity index (χ2n) is 29.9. The first-order chi connectivity index (χ1) is 48.4. The van der Waals surface area contributed by atoms with Crippen molar-refractivity contribution >= 4 is 39.5 Å². The Morgan fingerprint density at radius 1 is 0.290 bits per heavy atom. The lowest BCUT2D eigenvalue weighted by Gasteiger charge is -2.21. The number of phosphoric acid groups is 2. The van der Waals surface area contributed by atoms with Gasteiger partial charge in [-0.1, -0.05) is 375 Å². The van der Waals surface area contributed by atoms with Crippen molar-refractivity contribution in [2.75, 3.05) is 39.6 Å². The third kappa shape index (κ3) is 73.0. The fraction of sp³-hybridized carbons (Fsp3) is 0.951. The second-order valence-corrected chi connectivity index (χ2v) is 32.8. The van der Waals surface area contributed by atoms with E-state index < -0.39 is 97.5 Å². The van der Waals surface area contributed by atoms with Crippen molar-refractivity contribution in [1.29, 1.82) is 0 Å². The zero-order chi connectivity index (χ0) is 73.5. The molecule has 0 amide bonds. The van der Waals surface area contributed by atoms with Crippen LogP contribution in [0.3, 0.4) is 0 Å². The van der Waals surface area contributed by atoms with E-state index in [2.05, 4.69) is 41.5 Å². The Bertz CT molecular complexity index is 1930.